The van der Waals surface area contributed by atoms with E-state index in [1.165, 1.54) is 9.71 Å². The normalized spacial score (nSPS) is 22.8. The van der Waals surface area contributed by atoms with Crippen molar-refractivity contribution in [2.24, 2.45) is 0 Å². The standard InChI is InChI=1S/C19H24ClN3O2S/c1-13-11-23(8-9-25-13)18(24)12-22-6-4-14(5-7-22)19-21-16-10-15(20)2-3-17(16)26-19/h2-3,10,13-14H,4-9,11-12H2,1H3. The Bertz CT molecular complexity index is 788. The fraction of sp³-hybridized carbons (Fsp3) is 0.579. The fourth-order valence-corrected chi connectivity index (χ4v) is 5.05. The molecule has 140 valence electrons. The molecule has 0 aliphatic carbocycles. The molecule has 7 heteroatoms. The van der Waals surface area contributed by atoms with Crippen LogP contribution < -0.4 is 0 Å². The maximum absolute atomic E-state index is 12.5. The lowest BCUT2D eigenvalue weighted by molar-refractivity contribution is -0.139. The van der Waals surface area contributed by atoms with Gasteiger partial charge in [0.25, 0.3) is 0 Å². The Morgan fingerprint density at radius 1 is 1.35 bits per heavy atom. The summed E-state index contributed by atoms with van der Waals surface area (Å²) in [7, 11) is 0. The third-order valence-electron chi connectivity index (χ3n) is 5.26. The van der Waals surface area contributed by atoms with Gasteiger partial charge in [-0.2, -0.15) is 0 Å². The van der Waals surface area contributed by atoms with E-state index in [-0.39, 0.29) is 12.0 Å². The first-order valence-electron chi connectivity index (χ1n) is 9.26. The van der Waals surface area contributed by atoms with Gasteiger partial charge in [-0.3, -0.25) is 9.69 Å². The number of hydrogen-bond donors (Lipinski definition) is 0. The average Bonchev–Trinajstić information content (AvgIpc) is 3.05. The van der Waals surface area contributed by atoms with E-state index >= 15 is 0 Å². The van der Waals surface area contributed by atoms with E-state index < -0.39 is 0 Å². The first-order chi connectivity index (χ1) is 12.6. The van der Waals surface area contributed by atoms with Crippen LogP contribution in [0.1, 0.15) is 30.7 Å². The molecule has 3 heterocycles. The molecule has 26 heavy (non-hydrogen) atoms. The van der Waals surface area contributed by atoms with Crippen LogP contribution in [-0.2, 0) is 9.53 Å². The largest absolute Gasteiger partial charge is 0.375 e. The van der Waals surface area contributed by atoms with Crippen LogP contribution in [0.15, 0.2) is 18.2 Å². The quantitative estimate of drug-likeness (QED) is 0.802. The number of piperidine rings is 1. The van der Waals surface area contributed by atoms with E-state index in [1.54, 1.807) is 11.3 Å². The van der Waals surface area contributed by atoms with Crippen LogP contribution >= 0.6 is 22.9 Å². The molecule has 0 bridgehead atoms. The highest BCUT2D eigenvalue weighted by Gasteiger charge is 2.27. The zero-order valence-electron chi connectivity index (χ0n) is 15.0. The van der Waals surface area contributed by atoms with Crippen molar-refractivity contribution < 1.29 is 9.53 Å². The third kappa shape index (κ3) is 4.03. The lowest BCUT2D eigenvalue weighted by atomic mass is 9.97. The lowest BCUT2D eigenvalue weighted by Crippen LogP contribution is -2.49. The number of hydrogen-bond acceptors (Lipinski definition) is 5. The van der Waals surface area contributed by atoms with Crippen LogP contribution in [0.3, 0.4) is 0 Å². The summed E-state index contributed by atoms with van der Waals surface area (Å²) in [4.78, 5) is 21.5. The topological polar surface area (TPSA) is 45.7 Å². The Hall–Kier alpha value is -1.21. The second-order valence-electron chi connectivity index (χ2n) is 7.24. The molecule has 1 aromatic heterocycles. The number of rotatable bonds is 3. The van der Waals surface area contributed by atoms with Gasteiger partial charge in [-0.15, -0.1) is 11.3 Å². The predicted molar refractivity (Wildman–Crippen MR) is 105 cm³/mol. The van der Waals surface area contributed by atoms with E-state index in [9.17, 15) is 4.79 Å². The molecule has 4 rings (SSSR count). The molecule has 0 spiro atoms. The average molecular weight is 394 g/mol. The maximum Gasteiger partial charge on any atom is 0.236 e. The molecule has 2 fully saturated rings. The first kappa shape index (κ1) is 18.2. The van der Waals surface area contributed by atoms with Crippen LogP contribution in [0.2, 0.25) is 5.02 Å². The van der Waals surface area contributed by atoms with Crippen LogP contribution in [0.25, 0.3) is 10.2 Å². The number of carbonyl (C=O) groups excluding carboxylic acids is 1. The second-order valence-corrected chi connectivity index (χ2v) is 8.73. The number of amides is 1. The molecule has 2 aliphatic rings. The monoisotopic (exact) mass is 393 g/mol. The van der Waals surface area contributed by atoms with Gasteiger partial charge in [0.1, 0.15) is 0 Å². The van der Waals surface area contributed by atoms with Crippen molar-refractivity contribution >= 4 is 39.1 Å². The molecular weight excluding hydrogens is 370 g/mol. The minimum atomic E-state index is 0.144. The van der Waals surface area contributed by atoms with Gasteiger partial charge in [0.15, 0.2) is 0 Å². The minimum absolute atomic E-state index is 0.144. The highest BCUT2D eigenvalue weighted by Crippen LogP contribution is 2.34. The predicted octanol–water partition coefficient (Wildman–Crippen LogP) is 3.38. The van der Waals surface area contributed by atoms with Crippen molar-refractivity contribution in [3.63, 3.8) is 0 Å². The Labute approximate surface area is 162 Å². The van der Waals surface area contributed by atoms with Crippen molar-refractivity contribution in [2.75, 3.05) is 39.3 Å². The fourth-order valence-electron chi connectivity index (χ4n) is 3.77. The molecule has 2 saturated heterocycles. The molecule has 0 N–H and O–H groups in total. The molecule has 2 aromatic rings. The molecule has 0 radical (unpaired) electrons. The van der Waals surface area contributed by atoms with Gasteiger partial charge < -0.3 is 9.64 Å². The number of thiazole rings is 1. The minimum Gasteiger partial charge on any atom is -0.375 e. The van der Waals surface area contributed by atoms with Gasteiger partial charge in [-0.05, 0) is 51.1 Å². The second kappa shape index (κ2) is 7.80. The molecule has 1 atom stereocenters. The number of carbonyl (C=O) groups is 1. The van der Waals surface area contributed by atoms with Gasteiger partial charge in [-0.1, -0.05) is 11.6 Å². The molecule has 2 aliphatic heterocycles. The van der Waals surface area contributed by atoms with Crippen LogP contribution in [-0.4, -0.2) is 66.1 Å². The number of benzene rings is 1. The van der Waals surface area contributed by atoms with E-state index in [4.69, 9.17) is 21.3 Å². The van der Waals surface area contributed by atoms with E-state index in [0.717, 1.165) is 36.5 Å². The van der Waals surface area contributed by atoms with Crippen molar-refractivity contribution in [3.8, 4) is 0 Å². The van der Waals surface area contributed by atoms with Crippen LogP contribution in [0.4, 0.5) is 0 Å². The van der Waals surface area contributed by atoms with Gasteiger partial charge in [0.2, 0.25) is 5.91 Å². The first-order valence-corrected chi connectivity index (χ1v) is 10.5. The summed E-state index contributed by atoms with van der Waals surface area (Å²) in [6, 6.07) is 5.91. The molecule has 1 unspecified atom stereocenters. The zero-order chi connectivity index (χ0) is 18.1. The molecule has 5 nitrogen and oxygen atoms in total. The van der Waals surface area contributed by atoms with E-state index in [1.807, 2.05) is 24.0 Å². The molecular formula is C19H24ClN3O2S. The number of morpholine rings is 1. The van der Waals surface area contributed by atoms with Gasteiger partial charge in [0.05, 0.1) is 34.5 Å². The van der Waals surface area contributed by atoms with E-state index in [2.05, 4.69) is 11.0 Å². The summed E-state index contributed by atoms with van der Waals surface area (Å²) in [5.41, 5.74) is 0.997. The Morgan fingerprint density at radius 3 is 2.92 bits per heavy atom. The summed E-state index contributed by atoms with van der Waals surface area (Å²) >= 11 is 7.84. The van der Waals surface area contributed by atoms with Crippen molar-refractivity contribution in [1.29, 1.82) is 0 Å². The van der Waals surface area contributed by atoms with Gasteiger partial charge in [0, 0.05) is 24.0 Å². The molecule has 1 aromatic carbocycles. The van der Waals surface area contributed by atoms with Gasteiger partial charge >= 0.3 is 0 Å². The van der Waals surface area contributed by atoms with Gasteiger partial charge in [-0.25, -0.2) is 4.98 Å². The number of halogens is 1. The molecule has 1 amide bonds. The highest BCUT2D eigenvalue weighted by atomic mass is 35.5. The summed E-state index contributed by atoms with van der Waals surface area (Å²) in [5, 5.41) is 1.94. The Balaban J connectivity index is 1.32. The third-order valence-corrected chi connectivity index (χ3v) is 6.69. The zero-order valence-corrected chi connectivity index (χ0v) is 16.6. The van der Waals surface area contributed by atoms with Crippen LogP contribution in [0, 0.1) is 0 Å². The number of likely N-dealkylation sites (tertiary alicyclic amines) is 1. The number of nitrogens with zero attached hydrogens (tertiary/aromatic N) is 3. The number of fused-ring (bicyclic) bond motifs is 1. The number of ether oxygens (including phenoxy) is 1. The maximum atomic E-state index is 12.5. The summed E-state index contributed by atoms with van der Waals surface area (Å²) < 4.78 is 6.72. The summed E-state index contributed by atoms with van der Waals surface area (Å²) in [5.74, 6) is 0.717. The summed E-state index contributed by atoms with van der Waals surface area (Å²) in [6.07, 6.45) is 2.26. The van der Waals surface area contributed by atoms with Crippen molar-refractivity contribution in [3.05, 3.63) is 28.2 Å². The van der Waals surface area contributed by atoms with Crippen molar-refractivity contribution in [2.45, 2.75) is 31.8 Å². The van der Waals surface area contributed by atoms with Crippen LogP contribution in [0.5, 0.6) is 0 Å². The Morgan fingerprint density at radius 2 is 2.15 bits per heavy atom. The summed E-state index contributed by atoms with van der Waals surface area (Å²) in [6.45, 7) is 6.53. The lowest BCUT2D eigenvalue weighted by Gasteiger charge is -2.35. The SMILES string of the molecule is CC1CN(C(=O)CN2CCC(c3nc4cc(Cl)ccc4s3)CC2)CCO1. The smallest absolute Gasteiger partial charge is 0.236 e. The van der Waals surface area contributed by atoms with E-state index in [0.29, 0.717) is 32.2 Å². The number of aromatic nitrogens is 1. The molecule has 0 saturated carbocycles. The Kier molecular flexibility index (Phi) is 5.45. The van der Waals surface area contributed by atoms with Crippen molar-refractivity contribution in [1.82, 2.24) is 14.8 Å². The highest BCUT2D eigenvalue weighted by molar-refractivity contribution is 7.18.